The topological polar surface area (TPSA) is 66.8 Å². The highest BCUT2D eigenvalue weighted by Crippen LogP contribution is 2.52. The van der Waals surface area contributed by atoms with Crippen LogP contribution in [-0.4, -0.2) is 29.6 Å². The van der Waals surface area contributed by atoms with Gasteiger partial charge in [0.2, 0.25) is 11.8 Å². The van der Waals surface area contributed by atoms with E-state index in [1.807, 2.05) is 43.3 Å². The normalized spacial score (nSPS) is 23.2. The molecule has 2 saturated heterocycles. The lowest BCUT2D eigenvalue weighted by Crippen LogP contribution is -2.34. The Morgan fingerprint density at radius 3 is 2.21 bits per heavy atom. The standard InChI is InChI=1S/C36H30ClF6NO4/c1-2-19-13-27-32(34(47)44(33(27)46)25-15-23(35(38,39)40)14-24(16-25)36(41,42)43)28-18-48-30(31(19)28)11-9-21(20-6-4-3-5-7-20)12-22-8-10-26(45)17-29(22)37/h3-8,10,12,14-17,27-28,30,32,45H,2,9,11,13,18H2,1H3/b21-12-/t27-,28+,30-,32-/m1/s1. The van der Waals surface area contributed by atoms with E-state index in [1.54, 1.807) is 6.07 Å². The number of aromatic hydroxyl groups is 1. The van der Waals surface area contributed by atoms with Gasteiger partial charge in [0.05, 0.1) is 46.4 Å². The maximum atomic E-state index is 13.9. The summed E-state index contributed by atoms with van der Waals surface area (Å²) in [4.78, 5) is 28.0. The summed E-state index contributed by atoms with van der Waals surface area (Å²) in [5.74, 6) is -4.06. The van der Waals surface area contributed by atoms with Gasteiger partial charge in [-0.25, -0.2) is 4.90 Å². The first-order valence-electron chi connectivity index (χ1n) is 15.4. The maximum absolute atomic E-state index is 13.9. The van der Waals surface area contributed by atoms with Crippen LogP contribution >= 0.6 is 11.6 Å². The zero-order valence-corrected chi connectivity index (χ0v) is 26.3. The molecule has 3 aromatic rings. The molecule has 2 amide bonds. The van der Waals surface area contributed by atoms with Crippen LogP contribution in [0.25, 0.3) is 11.6 Å². The molecule has 0 saturated carbocycles. The minimum atomic E-state index is -5.13. The number of nitrogens with zero attached hydrogens (tertiary/aromatic N) is 1. The molecular weight excluding hydrogens is 660 g/mol. The van der Waals surface area contributed by atoms with Crippen LogP contribution in [0.15, 0.2) is 77.9 Å². The van der Waals surface area contributed by atoms with Crippen molar-refractivity contribution in [1.82, 2.24) is 0 Å². The number of alkyl halides is 6. The lowest BCUT2D eigenvalue weighted by Gasteiger charge is -2.31. The van der Waals surface area contributed by atoms with Crippen LogP contribution < -0.4 is 4.90 Å². The molecule has 0 unspecified atom stereocenters. The van der Waals surface area contributed by atoms with Crippen molar-refractivity contribution in [2.75, 3.05) is 11.5 Å². The third-order valence-corrected chi connectivity index (χ3v) is 9.73. The summed E-state index contributed by atoms with van der Waals surface area (Å²) in [5.41, 5.74) is 0.400. The number of carbonyl (C=O) groups excluding carboxylic acids is 2. The molecule has 2 aliphatic heterocycles. The van der Waals surface area contributed by atoms with Crippen molar-refractivity contribution < 1.29 is 45.8 Å². The molecule has 1 aliphatic carbocycles. The van der Waals surface area contributed by atoms with E-state index in [-0.39, 0.29) is 24.8 Å². The Morgan fingerprint density at radius 2 is 1.60 bits per heavy atom. The fourth-order valence-corrected chi connectivity index (χ4v) is 7.42. The second-order valence-electron chi connectivity index (χ2n) is 12.2. The third kappa shape index (κ3) is 6.37. The van der Waals surface area contributed by atoms with Crippen molar-refractivity contribution in [3.05, 3.63) is 105 Å². The Morgan fingerprint density at radius 1 is 0.938 bits per heavy atom. The van der Waals surface area contributed by atoms with Crippen molar-refractivity contribution in [2.24, 2.45) is 17.8 Å². The van der Waals surface area contributed by atoms with Crippen LogP contribution in [0.5, 0.6) is 5.75 Å². The van der Waals surface area contributed by atoms with Crippen LogP contribution in [-0.2, 0) is 26.7 Å². The number of anilines is 1. The lowest BCUT2D eigenvalue weighted by atomic mass is 9.69. The second kappa shape index (κ2) is 12.7. The molecule has 3 aromatic carbocycles. The molecule has 4 atom stereocenters. The Hall–Kier alpha value is -4.09. The third-order valence-electron chi connectivity index (χ3n) is 9.40. The van der Waals surface area contributed by atoms with Crippen LogP contribution in [0.1, 0.15) is 54.9 Å². The molecular formula is C36H30ClF6NO4. The van der Waals surface area contributed by atoms with E-state index in [2.05, 4.69) is 0 Å². The maximum Gasteiger partial charge on any atom is 0.416 e. The van der Waals surface area contributed by atoms with Gasteiger partial charge in [0.25, 0.3) is 0 Å². The highest BCUT2D eigenvalue weighted by Gasteiger charge is 2.57. The second-order valence-corrected chi connectivity index (χ2v) is 12.6. The van der Waals surface area contributed by atoms with E-state index in [0.29, 0.717) is 46.9 Å². The number of hydrogen-bond donors (Lipinski definition) is 1. The fraction of sp³-hybridized carbons (Fsp3) is 0.333. The highest BCUT2D eigenvalue weighted by molar-refractivity contribution is 6.32. The predicted molar refractivity (Wildman–Crippen MR) is 168 cm³/mol. The number of ether oxygens (including phenoxy) is 1. The molecule has 252 valence electrons. The molecule has 1 N–H and O–H groups in total. The summed E-state index contributed by atoms with van der Waals surface area (Å²) < 4.78 is 88.0. The summed E-state index contributed by atoms with van der Waals surface area (Å²) in [6.07, 6.45) is -7.05. The largest absolute Gasteiger partial charge is 0.508 e. The van der Waals surface area contributed by atoms with E-state index in [0.717, 1.165) is 22.3 Å². The number of amides is 2. The number of imide groups is 1. The number of benzene rings is 3. The number of phenols is 1. The van der Waals surface area contributed by atoms with Crippen LogP contribution in [0.2, 0.25) is 5.02 Å². The summed E-state index contributed by atoms with van der Waals surface area (Å²) >= 11 is 6.40. The van der Waals surface area contributed by atoms with Crippen molar-refractivity contribution in [3.63, 3.8) is 0 Å². The Kier molecular flexibility index (Phi) is 8.97. The van der Waals surface area contributed by atoms with Crippen LogP contribution in [0.3, 0.4) is 0 Å². The summed E-state index contributed by atoms with van der Waals surface area (Å²) in [7, 11) is 0. The van der Waals surface area contributed by atoms with Gasteiger partial charge in [-0.2, -0.15) is 26.3 Å². The number of halogens is 7. The van der Waals surface area contributed by atoms with Crippen molar-refractivity contribution in [3.8, 4) is 5.75 Å². The molecule has 12 heteroatoms. The summed E-state index contributed by atoms with van der Waals surface area (Å²) in [5, 5.41) is 10.2. The van der Waals surface area contributed by atoms with Gasteiger partial charge in [0.15, 0.2) is 0 Å². The molecule has 2 heterocycles. The van der Waals surface area contributed by atoms with Gasteiger partial charge in [-0.05, 0) is 90.4 Å². The predicted octanol–water partition coefficient (Wildman–Crippen LogP) is 9.34. The highest BCUT2D eigenvalue weighted by atomic mass is 35.5. The van der Waals surface area contributed by atoms with Gasteiger partial charge in [-0.3, -0.25) is 9.59 Å². The number of phenolic OH excluding ortho intramolecular Hbond substituents is 1. The van der Waals surface area contributed by atoms with Crippen molar-refractivity contribution in [2.45, 2.75) is 51.1 Å². The Bertz CT molecular complexity index is 1780. The van der Waals surface area contributed by atoms with Crippen molar-refractivity contribution >= 4 is 40.8 Å². The first kappa shape index (κ1) is 33.8. The quantitative estimate of drug-likeness (QED) is 0.116. The zero-order valence-electron chi connectivity index (χ0n) is 25.5. The minimum absolute atomic E-state index is 0.0282. The average Bonchev–Trinajstić information content (AvgIpc) is 3.57. The van der Waals surface area contributed by atoms with E-state index in [1.165, 1.54) is 12.1 Å². The lowest BCUT2D eigenvalue weighted by molar-refractivity contribution is -0.143. The minimum Gasteiger partial charge on any atom is -0.508 e. The smallest absolute Gasteiger partial charge is 0.416 e. The molecule has 3 aliphatic rings. The molecule has 0 aromatic heterocycles. The summed E-state index contributed by atoms with van der Waals surface area (Å²) in [6, 6.07) is 15.1. The van der Waals surface area contributed by atoms with Gasteiger partial charge in [0.1, 0.15) is 5.75 Å². The Balaban J connectivity index is 1.30. The van der Waals surface area contributed by atoms with Crippen molar-refractivity contribution in [1.29, 1.82) is 0 Å². The number of carbonyl (C=O) groups is 2. The summed E-state index contributed by atoms with van der Waals surface area (Å²) in [6.45, 7) is 1.99. The first-order chi connectivity index (χ1) is 22.7. The SMILES string of the molecule is CCC1=C2[C@@H](CC/C(=C/c3ccc(O)cc3Cl)c3ccccc3)OC[C@@H]2[C@@H]2C(=O)N(c3cc(C(F)(F)F)cc(C(F)(F)F)c3)C(=O)[C@@H]2C1. The molecule has 6 rings (SSSR count). The molecule has 0 spiro atoms. The number of rotatable bonds is 7. The zero-order chi connectivity index (χ0) is 34.5. The fourth-order valence-electron chi connectivity index (χ4n) is 7.19. The number of allylic oxidation sites excluding steroid dienone is 2. The van der Waals surface area contributed by atoms with E-state index >= 15 is 0 Å². The van der Waals surface area contributed by atoms with Crippen LogP contribution in [0, 0.1) is 17.8 Å². The van der Waals surface area contributed by atoms with E-state index in [4.69, 9.17) is 16.3 Å². The van der Waals surface area contributed by atoms with E-state index < -0.39 is 64.8 Å². The molecule has 2 fully saturated rings. The van der Waals surface area contributed by atoms with Gasteiger partial charge in [-0.1, -0.05) is 54.4 Å². The Labute approximate surface area is 277 Å². The molecule has 5 nitrogen and oxygen atoms in total. The molecule has 0 radical (unpaired) electrons. The monoisotopic (exact) mass is 689 g/mol. The van der Waals surface area contributed by atoms with Gasteiger partial charge >= 0.3 is 12.4 Å². The molecule has 48 heavy (non-hydrogen) atoms. The van der Waals surface area contributed by atoms with Gasteiger partial charge in [0, 0.05) is 5.92 Å². The first-order valence-corrected chi connectivity index (χ1v) is 15.8. The number of fused-ring (bicyclic) bond motifs is 3. The van der Waals surface area contributed by atoms with Gasteiger partial charge < -0.3 is 9.84 Å². The van der Waals surface area contributed by atoms with E-state index in [9.17, 15) is 41.0 Å². The molecule has 0 bridgehead atoms. The number of hydrogen-bond acceptors (Lipinski definition) is 4. The van der Waals surface area contributed by atoms with Crippen LogP contribution in [0.4, 0.5) is 32.0 Å². The van der Waals surface area contributed by atoms with Gasteiger partial charge in [-0.15, -0.1) is 0 Å². The average molecular weight is 690 g/mol.